The van der Waals surface area contributed by atoms with Crippen LogP contribution in [0, 0.1) is 11.6 Å². The van der Waals surface area contributed by atoms with Gasteiger partial charge in [0.2, 0.25) is 0 Å². The second-order valence-corrected chi connectivity index (χ2v) is 5.81. The summed E-state index contributed by atoms with van der Waals surface area (Å²) in [4.78, 5) is 23.8. The predicted molar refractivity (Wildman–Crippen MR) is 94.8 cm³/mol. The van der Waals surface area contributed by atoms with E-state index in [1.165, 1.54) is 12.1 Å². The zero-order valence-corrected chi connectivity index (χ0v) is 14.6. The summed E-state index contributed by atoms with van der Waals surface area (Å²) in [7, 11) is 1.06. The number of ether oxygens (including phenoxy) is 1. The van der Waals surface area contributed by atoms with Gasteiger partial charge in [-0.2, -0.15) is 0 Å². The van der Waals surface area contributed by atoms with Crippen LogP contribution in [0.5, 0.6) is 0 Å². The predicted octanol–water partition coefficient (Wildman–Crippen LogP) is 4.92. The molecule has 0 saturated heterocycles. The van der Waals surface area contributed by atoms with E-state index >= 15 is 0 Å². The van der Waals surface area contributed by atoms with Crippen LogP contribution in [0.2, 0.25) is 5.02 Å². The zero-order valence-electron chi connectivity index (χ0n) is 13.9. The van der Waals surface area contributed by atoms with Gasteiger partial charge >= 0.3 is 5.97 Å². The van der Waals surface area contributed by atoms with Crippen molar-refractivity contribution in [3.63, 3.8) is 0 Å². The van der Waals surface area contributed by atoms with Gasteiger partial charge in [-0.05, 0) is 30.3 Å². The molecule has 138 valence electrons. The van der Waals surface area contributed by atoms with E-state index in [1.54, 1.807) is 24.3 Å². The lowest BCUT2D eigenvalue weighted by atomic mass is 10.1. The lowest BCUT2D eigenvalue weighted by Crippen LogP contribution is -2.14. The standard InChI is InChI=1S/C19H12ClF2NO4/c1-26-19(25)11-8-15(14(22)9-13(11)21)23-18(24)17-7-6-16(27-17)10-4-2-3-5-12(10)20/h2-9H,1H3,(H,23,24). The maximum atomic E-state index is 13.9. The van der Waals surface area contributed by atoms with Crippen molar-refractivity contribution >= 4 is 29.2 Å². The summed E-state index contributed by atoms with van der Waals surface area (Å²) in [6, 6.07) is 11.1. The number of benzene rings is 2. The number of amides is 1. The second kappa shape index (κ2) is 7.59. The van der Waals surface area contributed by atoms with E-state index in [9.17, 15) is 18.4 Å². The lowest BCUT2D eigenvalue weighted by molar-refractivity contribution is 0.0595. The third-order valence-corrected chi connectivity index (χ3v) is 4.01. The van der Waals surface area contributed by atoms with Gasteiger partial charge in [0.1, 0.15) is 17.4 Å². The van der Waals surface area contributed by atoms with E-state index in [2.05, 4.69) is 10.1 Å². The first-order valence-corrected chi connectivity index (χ1v) is 8.02. The molecular formula is C19H12ClF2NO4. The van der Waals surface area contributed by atoms with Crippen LogP contribution in [-0.2, 0) is 4.74 Å². The van der Waals surface area contributed by atoms with Crippen LogP contribution in [0.1, 0.15) is 20.9 Å². The molecule has 1 N–H and O–H groups in total. The minimum Gasteiger partial charge on any atom is -0.465 e. The highest BCUT2D eigenvalue weighted by molar-refractivity contribution is 6.33. The largest absolute Gasteiger partial charge is 0.465 e. The molecule has 0 saturated carbocycles. The molecule has 0 aliphatic rings. The fraction of sp³-hybridized carbons (Fsp3) is 0.0526. The zero-order chi connectivity index (χ0) is 19.6. The van der Waals surface area contributed by atoms with Crippen LogP contribution in [-0.4, -0.2) is 19.0 Å². The number of rotatable bonds is 4. The Morgan fingerprint density at radius 2 is 1.81 bits per heavy atom. The van der Waals surface area contributed by atoms with Gasteiger partial charge in [0.05, 0.1) is 23.4 Å². The monoisotopic (exact) mass is 391 g/mol. The number of nitrogens with one attached hydrogen (secondary N) is 1. The van der Waals surface area contributed by atoms with Gasteiger partial charge in [-0.3, -0.25) is 4.79 Å². The van der Waals surface area contributed by atoms with E-state index in [0.29, 0.717) is 22.4 Å². The van der Waals surface area contributed by atoms with Crippen LogP contribution < -0.4 is 5.32 Å². The Morgan fingerprint density at radius 1 is 1.07 bits per heavy atom. The Morgan fingerprint density at radius 3 is 2.52 bits per heavy atom. The molecule has 0 unspecified atom stereocenters. The minimum absolute atomic E-state index is 0.117. The van der Waals surface area contributed by atoms with Crippen molar-refractivity contribution in [1.29, 1.82) is 0 Å². The number of hydrogen-bond acceptors (Lipinski definition) is 4. The molecule has 0 aliphatic heterocycles. The molecule has 2 aromatic carbocycles. The molecule has 3 aromatic rings. The fourth-order valence-electron chi connectivity index (χ4n) is 2.36. The first kappa shape index (κ1) is 18.6. The topological polar surface area (TPSA) is 68.5 Å². The highest BCUT2D eigenvalue weighted by atomic mass is 35.5. The summed E-state index contributed by atoms with van der Waals surface area (Å²) in [6.07, 6.45) is 0. The molecule has 0 atom stereocenters. The van der Waals surface area contributed by atoms with Gasteiger partial charge in [-0.1, -0.05) is 23.7 Å². The fourth-order valence-corrected chi connectivity index (χ4v) is 2.59. The molecule has 1 amide bonds. The van der Waals surface area contributed by atoms with Gasteiger partial charge in [-0.15, -0.1) is 0 Å². The maximum absolute atomic E-state index is 13.9. The van der Waals surface area contributed by atoms with Gasteiger partial charge in [0.15, 0.2) is 5.76 Å². The molecule has 5 nitrogen and oxygen atoms in total. The first-order valence-electron chi connectivity index (χ1n) is 7.64. The summed E-state index contributed by atoms with van der Waals surface area (Å²) >= 11 is 6.08. The van der Waals surface area contributed by atoms with Crippen LogP contribution in [0.4, 0.5) is 14.5 Å². The van der Waals surface area contributed by atoms with Gasteiger partial charge < -0.3 is 14.5 Å². The highest BCUT2D eigenvalue weighted by Gasteiger charge is 2.20. The Bertz CT molecular complexity index is 1030. The molecule has 0 aliphatic carbocycles. The molecule has 27 heavy (non-hydrogen) atoms. The van der Waals surface area contributed by atoms with Gasteiger partial charge in [0, 0.05) is 11.6 Å². The molecule has 1 heterocycles. The van der Waals surface area contributed by atoms with E-state index in [1.807, 2.05) is 0 Å². The molecule has 8 heteroatoms. The van der Waals surface area contributed by atoms with Crippen molar-refractivity contribution in [2.45, 2.75) is 0 Å². The molecule has 0 radical (unpaired) electrons. The number of halogens is 3. The van der Waals surface area contributed by atoms with E-state index in [-0.39, 0.29) is 5.76 Å². The maximum Gasteiger partial charge on any atom is 0.340 e. The Hall–Kier alpha value is -3.19. The van der Waals surface area contributed by atoms with Crippen molar-refractivity contribution in [3.8, 4) is 11.3 Å². The summed E-state index contributed by atoms with van der Waals surface area (Å²) in [5.41, 5.74) is -0.318. The Kier molecular flexibility index (Phi) is 5.23. The van der Waals surface area contributed by atoms with E-state index in [0.717, 1.165) is 13.2 Å². The van der Waals surface area contributed by atoms with Crippen molar-refractivity contribution < 1.29 is 27.5 Å². The Labute approximate surface area is 157 Å². The average Bonchev–Trinajstić information content (AvgIpc) is 3.13. The lowest BCUT2D eigenvalue weighted by Gasteiger charge is -2.08. The third-order valence-electron chi connectivity index (χ3n) is 3.68. The van der Waals surface area contributed by atoms with Crippen molar-refractivity contribution in [3.05, 3.63) is 76.5 Å². The first-order chi connectivity index (χ1) is 12.9. The van der Waals surface area contributed by atoms with Crippen molar-refractivity contribution in [2.75, 3.05) is 12.4 Å². The number of methoxy groups -OCH3 is 1. The molecule has 3 rings (SSSR count). The highest BCUT2D eigenvalue weighted by Crippen LogP contribution is 2.29. The summed E-state index contributed by atoms with van der Waals surface area (Å²) in [6.45, 7) is 0. The SMILES string of the molecule is COC(=O)c1cc(NC(=O)c2ccc(-c3ccccc3Cl)o2)c(F)cc1F. The van der Waals surface area contributed by atoms with Crippen molar-refractivity contribution in [2.24, 2.45) is 0 Å². The number of anilines is 1. The average molecular weight is 392 g/mol. The second-order valence-electron chi connectivity index (χ2n) is 5.40. The molecule has 0 bridgehead atoms. The number of furan rings is 1. The van der Waals surface area contributed by atoms with Crippen LogP contribution in [0.15, 0.2) is 52.9 Å². The number of carbonyl (C=O) groups excluding carboxylic acids is 2. The number of carbonyl (C=O) groups is 2. The molecular weight excluding hydrogens is 380 g/mol. The summed E-state index contributed by atoms with van der Waals surface area (Å²) in [5, 5.41) is 2.67. The van der Waals surface area contributed by atoms with E-state index < -0.39 is 34.8 Å². The van der Waals surface area contributed by atoms with Gasteiger partial charge in [-0.25, -0.2) is 13.6 Å². The van der Waals surface area contributed by atoms with Crippen LogP contribution in [0.25, 0.3) is 11.3 Å². The molecule has 0 fully saturated rings. The van der Waals surface area contributed by atoms with Gasteiger partial charge in [0.25, 0.3) is 5.91 Å². The van der Waals surface area contributed by atoms with Crippen LogP contribution >= 0.6 is 11.6 Å². The minimum atomic E-state index is -1.10. The summed E-state index contributed by atoms with van der Waals surface area (Å²) < 4.78 is 37.5. The smallest absolute Gasteiger partial charge is 0.340 e. The van der Waals surface area contributed by atoms with Crippen LogP contribution in [0.3, 0.4) is 0 Å². The van der Waals surface area contributed by atoms with E-state index in [4.69, 9.17) is 16.0 Å². The normalized spacial score (nSPS) is 10.5. The Balaban J connectivity index is 1.86. The third kappa shape index (κ3) is 3.83. The number of esters is 1. The molecule has 1 aromatic heterocycles. The summed E-state index contributed by atoms with van der Waals surface area (Å²) in [5.74, 6) is -3.70. The quantitative estimate of drug-likeness (QED) is 0.641. The molecule has 0 spiro atoms. The van der Waals surface area contributed by atoms with Crippen molar-refractivity contribution in [1.82, 2.24) is 0 Å². The number of hydrogen-bond donors (Lipinski definition) is 1.